The molecule has 1 aliphatic heterocycles. The molecule has 2 amide bonds. The van der Waals surface area contributed by atoms with Gasteiger partial charge in [0.2, 0.25) is 5.91 Å². The SMILES string of the molecule is CC(C)(C)OC(=O)NC1(C(=O)O)CCN(CC(=O)NC2CCCC2)C1. The predicted octanol–water partition coefficient (Wildman–Crippen LogP) is 1.10. The summed E-state index contributed by atoms with van der Waals surface area (Å²) < 4.78 is 5.17. The molecular weight excluding hydrogens is 326 g/mol. The lowest BCUT2D eigenvalue weighted by Gasteiger charge is -2.28. The summed E-state index contributed by atoms with van der Waals surface area (Å²) in [7, 11) is 0. The minimum Gasteiger partial charge on any atom is -0.479 e. The maximum Gasteiger partial charge on any atom is 0.408 e. The number of carbonyl (C=O) groups is 3. The maximum atomic E-state index is 12.1. The smallest absolute Gasteiger partial charge is 0.408 e. The molecule has 0 aromatic heterocycles. The van der Waals surface area contributed by atoms with E-state index in [0.29, 0.717) is 6.54 Å². The number of carboxylic acids is 1. The normalized spacial score (nSPS) is 24.9. The predicted molar refractivity (Wildman–Crippen MR) is 91.2 cm³/mol. The third kappa shape index (κ3) is 5.59. The molecule has 0 aromatic carbocycles. The number of rotatable bonds is 5. The molecule has 142 valence electrons. The Bertz CT molecular complexity index is 525. The van der Waals surface area contributed by atoms with E-state index in [9.17, 15) is 19.5 Å². The van der Waals surface area contributed by atoms with Crippen LogP contribution in [0.15, 0.2) is 0 Å². The standard InChI is InChI=1S/C17H29N3O5/c1-16(2,3)25-15(24)19-17(14(22)23)8-9-20(11-17)10-13(21)18-12-6-4-5-7-12/h12H,4-11H2,1-3H3,(H,18,21)(H,19,24)(H,22,23). The Labute approximate surface area is 148 Å². The van der Waals surface area contributed by atoms with Gasteiger partial charge in [-0.25, -0.2) is 9.59 Å². The van der Waals surface area contributed by atoms with Crippen molar-refractivity contribution in [3.63, 3.8) is 0 Å². The molecule has 1 atom stereocenters. The molecular formula is C17H29N3O5. The van der Waals surface area contributed by atoms with Crippen LogP contribution in [0.2, 0.25) is 0 Å². The van der Waals surface area contributed by atoms with Crippen molar-refractivity contribution in [3.8, 4) is 0 Å². The number of nitrogens with one attached hydrogen (secondary N) is 2. The minimum atomic E-state index is -1.42. The summed E-state index contributed by atoms with van der Waals surface area (Å²) >= 11 is 0. The van der Waals surface area contributed by atoms with E-state index in [4.69, 9.17) is 4.74 Å². The van der Waals surface area contributed by atoms with Crippen LogP contribution in [0, 0.1) is 0 Å². The first-order chi connectivity index (χ1) is 11.6. The molecule has 8 nitrogen and oxygen atoms in total. The van der Waals surface area contributed by atoms with Crippen LogP contribution in [0.5, 0.6) is 0 Å². The first kappa shape index (κ1) is 19.5. The topological polar surface area (TPSA) is 108 Å². The van der Waals surface area contributed by atoms with Gasteiger partial charge in [-0.3, -0.25) is 9.69 Å². The second kappa shape index (κ2) is 7.59. The van der Waals surface area contributed by atoms with Gasteiger partial charge in [0.05, 0.1) is 6.54 Å². The van der Waals surface area contributed by atoms with Crippen molar-refractivity contribution < 1.29 is 24.2 Å². The molecule has 1 unspecified atom stereocenters. The molecule has 8 heteroatoms. The highest BCUT2D eigenvalue weighted by Gasteiger charge is 2.47. The van der Waals surface area contributed by atoms with E-state index < -0.39 is 23.2 Å². The number of carbonyl (C=O) groups excluding carboxylic acids is 2. The highest BCUT2D eigenvalue weighted by molar-refractivity contribution is 5.85. The first-order valence-electron chi connectivity index (χ1n) is 8.86. The fourth-order valence-corrected chi connectivity index (χ4v) is 3.40. The van der Waals surface area contributed by atoms with Gasteiger partial charge in [-0.2, -0.15) is 0 Å². The van der Waals surface area contributed by atoms with E-state index in [1.54, 1.807) is 25.7 Å². The van der Waals surface area contributed by atoms with Gasteiger partial charge in [-0.1, -0.05) is 12.8 Å². The van der Waals surface area contributed by atoms with Crippen molar-refractivity contribution in [2.45, 2.75) is 70.1 Å². The molecule has 1 saturated heterocycles. The van der Waals surface area contributed by atoms with Crippen LogP contribution in [0.1, 0.15) is 52.9 Å². The van der Waals surface area contributed by atoms with E-state index in [0.717, 1.165) is 25.7 Å². The number of hydrogen-bond donors (Lipinski definition) is 3. The first-order valence-corrected chi connectivity index (χ1v) is 8.86. The average Bonchev–Trinajstić information content (AvgIpc) is 3.07. The summed E-state index contributed by atoms with van der Waals surface area (Å²) in [6.45, 7) is 5.80. The van der Waals surface area contributed by atoms with Gasteiger partial charge >= 0.3 is 12.1 Å². The molecule has 0 bridgehead atoms. The Kier molecular flexibility index (Phi) is 5.92. The Morgan fingerprint density at radius 2 is 1.88 bits per heavy atom. The summed E-state index contributed by atoms with van der Waals surface area (Å²) in [4.78, 5) is 37.6. The van der Waals surface area contributed by atoms with Gasteiger partial charge in [0, 0.05) is 19.1 Å². The van der Waals surface area contributed by atoms with E-state index in [2.05, 4.69) is 10.6 Å². The number of nitrogens with zero attached hydrogens (tertiary/aromatic N) is 1. The van der Waals surface area contributed by atoms with Crippen molar-refractivity contribution in [2.75, 3.05) is 19.6 Å². The second-order valence-corrected chi connectivity index (χ2v) is 8.02. The van der Waals surface area contributed by atoms with Gasteiger partial charge in [0.1, 0.15) is 5.60 Å². The molecule has 1 heterocycles. The number of likely N-dealkylation sites (tertiary alicyclic amines) is 1. The van der Waals surface area contributed by atoms with Crippen LogP contribution < -0.4 is 10.6 Å². The lowest BCUT2D eigenvalue weighted by Crippen LogP contribution is -2.57. The molecule has 3 N–H and O–H groups in total. The quantitative estimate of drug-likeness (QED) is 0.681. The summed E-state index contributed by atoms with van der Waals surface area (Å²) in [6.07, 6.45) is 3.76. The van der Waals surface area contributed by atoms with Gasteiger partial charge in [0.15, 0.2) is 5.54 Å². The fourth-order valence-electron chi connectivity index (χ4n) is 3.40. The van der Waals surface area contributed by atoms with Crippen molar-refractivity contribution in [2.24, 2.45) is 0 Å². The van der Waals surface area contributed by atoms with Crippen LogP contribution >= 0.6 is 0 Å². The molecule has 0 spiro atoms. The molecule has 1 saturated carbocycles. The molecule has 25 heavy (non-hydrogen) atoms. The number of hydrogen-bond acceptors (Lipinski definition) is 5. The Morgan fingerprint density at radius 1 is 1.24 bits per heavy atom. The monoisotopic (exact) mass is 355 g/mol. The summed E-state index contributed by atoms with van der Waals surface area (Å²) in [5.74, 6) is -1.21. The summed E-state index contributed by atoms with van der Waals surface area (Å²) in [6, 6.07) is 0.235. The minimum absolute atomic E-state index is 0.0830. The third-order valence-corrected chi connectivity index (χ3v) is 4.59. The number of alkyl carbamates (subject to hydrolysis) is 1. The highest BCUT2D eigenvalue weighted by atomic mass is 16.6. The van der Waals surface area contributed by atoms with Crippen LogP contribution in [-0.2, 0) is 14.3 Å². The van der Waals surface area contributed by atoms with Crippen LogP contribution in [-0.4, -0.2) is 64.8 Å². The van der Waals surface area contributed by atoms with E-state index in [1.165, 1.54) is 0 Å². The molecule has 2 rings (SSSR count). The number of amides is 2. The van der Waals surface area contributed by atoms with Crippen LogP contribution in [0.25, 0.3) is 0 Å². The lowest BCUT2D eigenvalue weighted by atomic mass is 9.99. The van der Waals surface area contributed by atoms with E-state index in [-0.39, 0.29) is 31.5 Å². The van der Waals surface area contributed by atoms with Crippen LogP contribution in [0.4, 0.5) is 4.79 Å². The zero-order valence-electron chi connectivity index (χ0n) is 15.3. The zero-order chi connectivity index (χ0) is 18.7. The van der Waals surface area contributed by atoms with Gasteiger partial charge in [-0.05, 0) is 40.0 Å². The average molecular weight is 355 g/mol. The third-order valence-electron chi connectivity index (χ3n) is 4.59. The Hall–Kier alpha value is -1.83. The van der Waals surface area contributed by atoms with Gasteiger partial charge in [-0.15, -0.1) is 0 Å². The molecule has 0 radical (unpaired) electrons. The van der Waals surface area contributed by atoms with Gasteiger partial charge < -0.3 is 20.5 Å². The Balaban J connectivity index is 1.89. The van der Waals surface area contributed by atoms with Crippen molar-refractivity contribution in [3.05, 3.63) is 0 Å². The van der Waals surface area contributed by atoms with Gasteiger partial charge in [0.25, 0.3) is 0 Å². The second-order valence-electron chi connectivity index (χ2n) is 8.02. The zero-order valence-corrected chi connectivity index (χ0v) is 15.3. The van der Waals surface area contributed by atoms with E-state index in [1.807, 2.05) is 0 Å². The summed E-state index contributed by atoms with van der Waals surface area (Å²) in [5.41, 5.74) is -2.13. The molecule has 1 aliphatic carbocycles. The lowest BCUT2D eigenvalue weighted by molar-refractivity contribution is -0.144. The molecule has 0 aromatic rings. The van der Waals surface area contributed by atoms with Crippen molar-refractivity contribution in [1.82, 2.24) is 15.5 Å². The summed E-state index contributed by atoms with van der Waals surface area (Å²) in [5, 5.41) is 15.1. The number of aliphatic carboxylic acids is 1. The molecule has 2 fully saturated rings. The van der Waals surface area contributed by atoms with Crippen molar-refractivity contribution >= 4 is 18.0 Å². The van der Waals surface area contributed by atoms with Crippen LogP contribution in [0.3, 0.4) is 0 Å². The van der Waals surface area contributed by atoms with E-state index >= 15 is 0 Å². The number of ether oxygens (including phenoxy) is 1. The number of carboxylic acid groups (broad SMARTS) is 1. The molecule has 2 aliphatic rings. The largest absolute Gasteiger partial charge is 0.479 e. The van der Waals surface area contributed by atoms with Crippen molar-refractivity contribution in [1.29, 1.82) is 0 Å². The highest BCUT2D eigenvalue weighted by Crippen LogP contribution is 2.23. The Morgan fingerprint density at radius 3 is 2.44 bits per heavy atom. The fraction of sp³-hybridized carbons (Fsp3) is 0.824. The maximum absolute atomic E-state index is 12.1.